The van der Waals surface area contributed by atoms with Crippen molar-refractivity contribution in [2.45, 2.75) is 19.4 Å². The Bertz CT molecular complexity index is 816. The van der Waals surface area contributed by atoms with E-state index in [0.717, 1.165) is 34.2 Å². The van der Waals surface area contributed by atoms with Crippen molar-refractivity contribution in [2.24, 2.45) is 0 Å². The first-order valence-corrected chi connectivity index (χ1v) is 9.21. The molecule has 3 rings (SSSR count). The van der Waals surface area contributed by atoms with Crippen LogP contribution < -0.4 is 10.6 Å². The van der Waals surface area contributed by atoms with Gasteiger partial charge in [-0.3, -0.25) is 9.78 Å². The monoisotopic (exact) mass is 340 g/mol. The number of carbonyl (C=O) groups is 1. The predicted octanol–water partition coefficient (Wildman–Crippen LogP) is 3.21. The van der Waals surface area contributed by atoms with E-state index < -0.39 is 0 Å². The summed E-state index contributed by atoms with van der Waals surface area (Å²) < 4.78 is 0. The summed E-state index contributed by atoms with van der Waals surface area (Å²) in [6.45, 7) is 2.12. The molecule has 24 heavy (non-hydrogen) atoms. The van der Waals surface area contributed by atoms with Crippen LogP contribution in [0.2, 0.25) is 0 Å². The van der Waals surface area contributed by atoms with Crippen molar-refractivity contribution in [3.8, 4) is 0 Å². The average molecular weight is 340 g/mol. The first kappa shape index (κ1) is 16.5. The second-order valence-electron chi connectivity index (χ2n) is 5.71. The van der Waals surface area contributed by atoms with Crippen molar-refractivity contribution < 1.29 is 4.79 Å². The number of nitrogens with zero attached hydrogens (tertiary/aromatic N) is 2. The summed E-state index contributed by atoms with van der Waals surface area (Å²) in [6, 6.07) is 4.23. The number of aromatic nitrogens is 2. The fourth-order valence-electron chi connectivity index (χ4n) is 2.76. The number of carbonyl (C=O) groups excluding carboxylic acids is 1. The van der Waals surface area contributed by atoms with Crippen molar-refractivity contribution in [3.05, 3.63) is 48.1 Å². The van der Waals surface area contributed by atoms with Crippen LogP contribution in [0.25, 0.3) is 16.3 Å². The van der Waals surface area contributed by atoms with Crippen LogP contribution in [-0.2, 0) is 4.79 Å². The zero-order valence-electron chi connectivity index (χ0n) is 13.7. The van der Waals surface area contributed by atoms with Crippen molar-refractivity contribution in [3.63, 3.8) is 0 Å². The maximum Gasteiger partial charge on any atom is 0.212 e. The van der Waals surface area contributed by atoms with Gasteiger partial charge in [-0.05, 0) is 43.1 Å². The molecule has 0 radical (unpaired) electrons. The van der Waals surface area contributed by atoms with Crippen LogP contribution in [0, 0.1) is 0 Å². The smallest absolute Gasteiger partial charge is 0.212 e. The Morgan fingerprint density at radius 2 is 2.08 bits per heavy atom. The van der Waals surface area contributed by atoms with E-state index in [9.17, 15) is 4.79 Å². The third-order valence-corrected chi connectivity index (χ3v) is 4.68. The van der Waals surface area contributed by atoms with E-state index in [-0.39, 0.29) is 0 Å². The Hall–Kier alpha value is -2.34. The molecule has 2 aromatic rings. The standard InChI is InChI=1S/C18H20N4OS/c1-12-5-15(3-4-24-2)19-10-16(12)17-6-13-9-21-18(22-11-23)7-14(13)8-20-17/h5-11,15,19H,3-4H2,1-2H3,(H,21,22,23). The Kier molecular flexibility index (Phi) is 5.15. The molecule has 2 N–H and O–H groups in total. The number of dihydropyridines is 1. The topological polar surface area (TPSA) is 66.9 Å². The maximum atomic E-state index is 10.5. The number of rotatable bonds is 6. The summed E-state index contributed by atoms with van der Waals surface area (Å²) in [5, 5.41) is 7.95. The largest absolute Gasteiger partial charge is 0.384 e. The molecule has 1 aliphatic heterocycles. The van der Waals surface area contributed by atoms with E-state index in [1.54, 1.807) is 6.20 Å². The van der Waals surface area contributed by atoms with E-state index in [1.165, 1.54) is 5.57 Å². The zero-order chi connectivity index (χ0) is 16.9. The summed E-state index contributed by atoms with van der Waals surface area (Å²) in [7, 11) is 0. The Balaban J connectivity index is 1.85. The molecule has 5 nitrogen and oxygen atoms in total. The first-order chi connectivity index (χ1) is 11.7. The summed E-state index contributed by atoms with van der Waals surface area (Å²) in [6.07, 6.45) is 11.8. The molecule has 6 heteroatoms. The summed E-state index contributed by atoms with van der Waals surface area (Å²) in [5.74, 6) is 1.67. The van der Waals surface area contributed by atoms with Gasteiger partial charge in [0.1, 0.15) is 5.82 Å². The molecule has 1 atom stereocenters. The Labute approximate surface area is 145 Å². The van der Waals surface area contributed by atoms with Gasteiger partial charge >= 0.3 is 0 Å². The van der Waals surface area contributed by atoms with Gasteiger partial charge in [-0.25, -0.2) is 4.98 Å². The number of nitrogens with one attached hydrogen (secondary N) is 2. The fraction of sp³-hybridized carbons (Fsp3) is 0.278. The Morgan fingerprint density at radius 3 is 2.83 bits per heavy atom. The lowest BCUT2D eigenvalue weighted by Gasteiger charge is -2.21. The quantitative estimate of drug-likeness (QED) is 0.791. The van der Waals surface area contributed by atoms with Gasteiger partial charge in [-0.2, -0.15) is 11.8 Å². The molecule has 0 bridgehead atoms. The average Bonchev–Trinajstić information content (AvgIpc) is 2.60. The summed E-state index contributed by atoms with van der Waals surface area (Å²) >= 11 is 1.86. The van der Waals surface area contributed by atoms with Gasteiger partial charge in [0.2, 0.25) is 6.41 Å². The number of fused-ring (bicyclic) bond motifs is 1. The number of hydrogen-bond acceptors (Lipinski definition) is 5. The van der Waals surface area contributed by atoms with Gasteiger partial charge in [0, 0.05) is 41.0 Å². The molecule has 124 valence electrons. The minimum absolute atomic E-state index is 0.389. The van der Waals surface area contributed by atoms with Crippen LogP contribution in [0.3, 0.4) is 0 Å². The van der Waals surface area contributed by atoms with E-state index in [1.807, 2.05) is 30.1 Å². The summed E-state index contributed by atoms with van der Waals surface area (Å²) in [5.41, 5.74) is 3.26. The lowest BCUT2D eigenvalue weighted by molar-refractivity contribution is -0.105. The molecule has 0 fully saturated rings. The molecule has 0 aliphatic carbocycles. The third-order valence-electron chi connectivity index (χ3n) is 4.04. The highest BCUT2D eigenvalue weighted by molar-refractivity contribution is 7.98. The molecule has 0 saturated heterocycles. The highest BCUT2D eigenvalue weighted by atomic mass is 32.2. The van der Waals surface area contributed by atoms with Crippen molar-refractivity contribution in [1.82, 2.24) is 15.3 Å². The zero-order valence-corrected chi connectivity index (χ0v) is 14.6. The van der Waals surface area contributed by atoms with E-state index in [2.05, 4.69) is 46.1 Å². The van der Waals surface area contributed by atoms with Crippen molar-refractivity contribution in [2.75, 3.05) is 17.3 Å². The molecule has 1 unspecified atom stereocenters. The molecular weight excluding hydrogens is 320 g/mol. The second-order valence-corrected chi connectivity index (χ2v) is 6.70. The van der Waals surface area contributed by atoms with Crippen LogP contribution >= 0.6 is 11.8 Å². The first-order valence-electron chi connectivity index (χ1n) is 7.81. The number of hydrogen-bond donors (Lipinski definition) is 2. The third kappa shape index (κ3) is 3.59. The van der Waals surface area contributed by atoms with Crippen molar-refractivity contribution in [1.29, 1.82) is 0 Å². The van der Waals surface area contributed by atoms with Gasteiger partial charge in [0.25, 0.3) is 0 Å². The fourth-order valence-corrected chi connectivity index (χ4v) is 3.25. The van der Waals surface area contributed by atoms with Crippen LogP contribution in [0.15, 0.2) is 42.4 Å². The Morgan fingerprint density at radius 1 is 1.29 bits per heavy atom. The minimum Gasteiger partial charge on any atom is -0.384 e. The van der Waals surface area contributed by atoms with E-state index in [4.69, 9.17) is 0 Å². The lowest BCUT2D eigenvalue weighted by Crippen LogP contribution is -2.26. The summed E-state index contributed by atoms with van der Waals surface area (Å²) in [4.78, 5) is 19.3. The van der Waals surface area contributed by atoms with Crippen molar-refractivity contribution >= 4 is 40.3 Å². The van der Waals surface area contributed by atoms with Crippen LogP contribution in [0.1, 0.15) is 19.0 Å². The second kappa shape index (κ2) is 7.49. The molecule has 1 aliphatic rings. The number of thioether (sulfide) groups is 1. The molecule has 0 spiro atoms. The van der Waals surface area contributed by atoms with Gasteiger partial charge in [-0.1, -0.05) is 6.08 Å². The highest BCUT2D eigenvalue weighted by Crippen LogP contribution is 2.27. The van der Waals surface area contributed by atoms with Gasteiger partial charge in [0.15, 0.2) is 0 Å². The number of amides is 1. The molecule has 2 aromatic heterocycles. The number of allylic oxidation sites excluding steroid dienone is 2. The van der Waals surface area contributed by atoms with Gasteiger partial charge in [-0.15, -0.1) is 0 Å². The SMILES string of the molecule is CSCCC1C=C(C)C(c2cc3cnc(NC=O)cc3cn2)=CN1. The van der Waals surface area contributed by atoms with E-state index >= 15 is 0 Å². The van der Waals surface area contributed by atoms with Gasteiger partial charge in [0.05, 0.1) is 5.69 Å². The highest BCUT2D eigenvalue weighted by Gasteiger charge is 2.15. The number of anilines is 1. The lowest BCUT2D eigenvalue weighted by atomic mass is 9.97. The molecule has 1 amide bonds. The van der Waals surface area contributed by atoms with Crippen LogP contribution in [-0.4, -0.2) is 34.4 Å². The number of pyridine rings is 2. The van der Waals surface area contributed by atoms with E-state index in [0.29, 0.717) is 18.3 Å². The maximum absolute atomic E-state index is 10.5. The molecule has 3 heterocycles. The minimum atomic E-state index is 0.389. The molecule has 0 saturated carbocycles. The normalized spacial score (nSPS) is 17.0. The molecule has 0 aromatic carbocycles. The van der Waals surface area contributed by atoms with Gasteiger partial charge < -0.3 is 10.6 Å². The molecular formula is C18H20N4OS. The predicted molar refractivity (Wildman–Crippen MR) is 101 cm³/mol. The van der Waals surface area contributed by atoms with Crippen LogP contribution in [0.4, 0.5) is 5.82 Å². The van der Waals surface area contributed by atoms with Crippen LogP contribution in [0.5, 0.6) is 0 Å².